The Kier molecular flexibility index (Phi) is 18.9. The molecular formula is C24H52. The lowest BCUT2D eigenvalue weighted by Crippen LogP contribution is -1.91. The number of allylic oxidation sites excluding steroid dienone is 2. The summed E-state index contributed by atoms with van der Waals surface area (Å²) in [5.41, 5.74) is 0. The van der Waals surface area contributed by atoms with Gasteiger partial charge in [-0.15, -0.1) is 0 Å². The summed E-state index contributed by atoms with van der Waals surface area (Å²) in [7, 11) is 0. The Balaban J connectivity index is -0.000000308. The normalized spacial score (nSPS) is 15.4. The highest BCUT2D eigenvalue weighted by atomic mass is 14.0. The molecule has 148 valence electrons. The van der Waals surface area contributed by atoms with Gasteiger partial charge in [-0.05, 0) is 35.5 Å². The SMILES string of the molecule is CC(C)/C=C/C(C)C.CC(C)CCC(C)C.[2H]C(C(C)C)C([2H])C(C)C. The van der Waals surface area contributed by atoms with Crippen LogP contribution in [0.25, 0.3) is 0 Å². The van der Waals surface area contributed by atoms with Crippen molar-refractivity contribution in [1.29, 1.82) is 0 Å². The molecule has 0 radical (unpaired) electrons. The molecule has 0 heterocycles. The molecule has 0 saturated heterocycles. The molecular weight excluding hydrogens is 288 g/mol. The zero-order valence-electron chi connectivity index (χ0n) is 21.2. The van der Waals surface area contributed by atoms with E-state index in [2.05, 4.69) is 67.5 Å². The first-order valence-corrected chi connectivity index (χ1v) is 10.2. The average Bonchev–Trinajstić information content (AvgIpc) is 2.50. The van der Waals surface area contributed by atoms with Crippen LogP contribution in [0.1, 0.15) is 111 Å². The predicted molar refractivity (Wildman–Crippen MR) is 117 cm³/mol. The molecule has 0 aromatic heterocycles. The number of hydrogen-bond donors (Lipinski definition) is 0. The van der Waals surface area contributed by atoms with Crippen molar-refractivity contribution in [1.82, 2.24) is 0 Å². The summed E-state index contributed by atoms with van der Waals surface area (Å²) < 4.78 is 15.2. The van der Waals surface area contributed by atoms with Crippen molar-refractivity contribution in [3.8, 4) is 0 Å². The van der Waals surface area contributed by atoms with Crippen LogP contribution in [-0.2, 0) is 0 Å². The first-order chi connectivity index (χ1) is 11.7. The van der Waals surface area contributed by atoms with Gasteiger partial charge in [-0.25, -0.2) is 0 Å². The monoisotopic (exact) mass is 342 g/mol. The van der Waals surface area contributed by atoms with E-state index in [1.54, 1.807) is 0 Å². The van der Waals surface area contributed by atoms with E-state index in [0.717, 1.165) is 11.8 Å². The van der Waals surface area contributed by atoms with E-state index >= 15 is 0 Å². The fourth-order valence-electron chi connectivity index (χ4n) is 1.56. The Hall–Kier alpha value is -0.260. The quantitative estimate of drug-likeness (QED) is 0.386. The van der Waals surface area contributed by atoms with E-state index in [4.69, 9.17) is 2.74 Å². The third-order valence-corrected chi connectivity index (χ3v) is 3.08. The van der Waals surface area contributed by atoms with E-state index in [1.165, 1.54) is 12.8 Å². The Morgan fingerprint density at radius 1 is 0.500 bits per heavy atom. The van der Waals surface area contributed by atoms with Gasteiger partial charge in [0.25, 0.3) is 0 Å². The van der Waals surface area contributed by atoms with E-state index in [9.17, 15) is 0 Å². The van der Waals surface area contributed by atoms with Gasteiger partial charge in [0.1, 0.15) is 0 Å². The maximum absolute atomic E-state index is 7.58. The van der Waals surface area contributed by atoms with Crippen LogP contribution in [0.4, 0.5) is 0 Å². The van der Waals surface area contributed by atoms with Gasteiger partial charge in [-0.3, -0.25) is 0 Å². The molecule has 0 rings (SSSR count). The highest BCUT2D eigenvalue weighted by Crippen LogP contribution is 2.10. The average molecular weight is 343 g/mol. The molecule has 0 amide bonds. The molecule has 0 saturated carbocycles. The standard InChI is InChI=1S/2C8H18.C8H16/c3*1-7(2)5-6-8(3)4/h2*7-8H,5-6H2,1-4H3;5-8H,1-4H3/b;;6-5+/i5D,6D;;. The highest BCUT2D eigenvalue weighted by molar-refractivity contribution is 4.86. The van der Waals surface area contributed by atoms with Crippen molar-refractivity contribution in [3.05, 3.63) is 12.2 Å². The maximum Gasteiger partial charge on any atom is 0.0269 e. The molecule has 2 atom stereocenters. The van der Waals surface area contributed by atoms with Crippen molar-refractivity contribution in [3.63, 3.8) is 0 Å². The zero-order valence-corrected chi connectivity index (χ0v) is 19.2. The van der Waals surface area contributed by atoms with Gasteiger partial charge < -0.3 is 0 Å². The third kappa shape index (κ3) is 43.0. The summed E-state index contributed by atoms with van der Waals surface area (Å²) in [5, 5.41) is 0. The molecule has 0 aromatic carbocycles. The Bertz CT molecular complexity index is 271. The summed E-state index contributed by atoms with van der Waals surface area (Å²) >= 11 is 0. The Morgan fingerprint density at radius 3 is 0.875 bits per heavy atom. The molecule has 24 heavy (non-hydrogen) atoms. The lowest BCUT2D eigenvalue weighted by atomic mass is 10.0. The summed E-state index contributed by atoms with van der Waals surface area (Å²) in [6.07, 6.45) is 6.81. The molecule has 0 fully saturated rings. The summed E-state index contributed by atoms with van der Waals surface area (Å²) in [6.45, 7) is 25.9. The van der Waals surface area contributed by atoms with Crippen LogP contribution in [0.5, 0.6) is 0 Å². The first-order valence-electron chi connectivity index (χ1n) is 11.4. The molecule has 0 aromatic rings. The Morgan fingerprint density at radius 2 is 0.750 bits per heavy atom. The summed E-state index contributed by atoms with van der Waals surface area (Å²) in [5.74, 6) is 3.80. The topological polar surface area (TPSA) is 0 Å². The second-order valence-electron chi connectivity index (χ2n) is 9.11. The second-order valence-corrected chi connectivity index (χ2v) is 9.11. The Labute approximate surface area is 159 Å². The summed E-state index contributed by atoms with van der Waals surface area (Å²) in [4.78, 5) is 0. The van der Waals surface area contributed by atoms with Gasteiger partial charge in [-0.2, -0.15) is 0 Å². The van der Waals surface area contributed by atoms with Crippen LogP contribution in [0.2, 0.25) is 0 Å². The van der Waals surface area contributed by atoms with Crippen LogP contribution in [-0.4, -0.2) is 0 Å². The molecule has 0 nitrogen and oxygen atoms in total. The van der Waals surface area contributed by atoms with Crippen molar-refractivity contribution in [2.75, 3.05) is 0 Å². The van der Waals surface area contributed by atoms with Gasteiger partial charge >= 0.3 is 0 Å². The minimum atomic E-state index is -0.222. The van der Waals surface area contributed by atoms with E-state index in [0.29, 0.717) is 23.7 Å². The van der Waals surface area contributed by atoms with Gasteiger partial charge in [0.15, 0.2) is 0 Å². The van der Waals surface area contributed by atoms with Crippen LogP contribution in [0.15, 0.2) is 12.2 Å². The molecule has 0 aliphatic heterocycles. The van der Waals surface area contributed by atoms with Gasteiger partial charge in [0.05, 0.1) is 0 Å². The van der Waals surface area contributed by atoms with Crippen molar-refractivity contribution >= 4 is 0 Å². The molecule has 0 heteroatoms. The predicted octanol–water partition coefficient (Wildman–Crippen LogP) is 9.01. The van der Waals surface area contributed by atoms with Crippen molar-refractivity contribution in [2.24, 2.45) is 35.5 Å². The molecule has 0 bridgehead atoms. The van der Waals surface area contributed by atoms with Gasteiger partial charge in [0.2, 0.25) is 0 Å². The molecule has 0 aliphatic carbocycles. The largest absolute Gasteiger partial charge is 0.0857 e. The molecule has 0 aliphatic rings. The third-order valence-electron chi connectivity index (χ3n) is 3.08. The minimum Gasteiger partial charge on any atom is -0.0857 e. The fraction of sp³-hybridized carbons (Fsp3) is 0.917. The van der Waals surface area contributed by atoms with E-state index in [1.807, 2.05) is 27.7 Å². The van der Waals surface area contributed by atoms with Gasteiger partial charge in [-0.1, -0.05) is 121 Å². The van der Waals surface area contributed by atoms with E-state index < -0.39 is 0 Å². The minimum absolute atomic E-state index is 0.222. The molecule has 0 N–H and O–H groups in total. The lowest BCUT2D eigenvalue weighted by Gasteiger charge is -2.05. The van der Waals surface area contributed by atoms with Crippen LogP contribution in [0.3, 0.4) is 0 Å². The zero-order chi connectivity index (χ0) is 21.4. The van der Waals surface area contributed by atoms with Crippen LogP contribution < -0.4 is 0 Å². The molecule has 2 unspecified atom stereocenters. The first kappa shape index (κ1) is 23.7. The second kappa shape index (κ2) is 19.1. The highest BCUT2D eigenvalue weighted by Gasteiger charge is 1.96. The maximum atomic E-state index is 7.58. The fourth-order valence-corrected chi connectivity index (χ4v) is 1.56. The lowest BCUT2D eigenvalue weighted by molar-refractivity contribution is 0.476. The van der Waals surface area contributed by atoms with Crippen molar-refractivity contribution < 1.29 is 2.74 Å². The smallest absolute Gasteiger partial charge is 0.0269 e. The number of hydrogen-bond acceptors (Lipinski definition) is 0. The number of rotatable bonds is 8. The van der Waals surface area contributed by atoms with Gasteiger partial charge in [0, 0.05) is 2.74 Å². The van der Waals surface area contributed by atoms with Crippen molar-refractivity contribution in [2.45, 2.75) is 109 Å². The summed E-state index contributed by atoms with van der Waals surface area (Å²) in [6, 6.07) is 0. The van der Waals surface area contributed by atoms with Crippen LogP contribution in [0, 0.1) is 35.5 Å². The molecule has 0 spiro atoms. The van der Waals surface area contributed by atoms with Crippen LogP contribution >= 0.6 is 0 Å². The van der Waals surface area contributed by atoms with E-state index in [-0.39, 0.29) is 12.8 Å².